The van der Waals surface area contributed by atoms with Crippen molar-refractivity contribution in [2.24, 2.45) is 4.99 Å². The van der Waals surface area contributed by atoms with Crippen LogP contribution in [0.1, 0.15) is 18.2 Å². The Balaban J connectivity index is 0.00000243. The first-order valence-electron chi connectivity index (χ1n) is 8.22. The molecule has 0 saturated carbocycles. The molecule has 0 saturated heterocycles. The molecule has 0 unspecified atom stereocenters. The monoisotopic (exact) mass is 463 g/mol. The van der Waals surface area contributed by atoms with Crippen LogP contribution < -0.4 is 10.6 Å². The molecular weight excluding hydrogens is 441 g/mol. The molecule has 0 atom stereocenters. The molecule has 0 fully saturated rings. The lowest BCUT2D eigenvalue weighted by Crippen LogP contribution is -2.37. The Morgan fingerprint density at radius 2 is 2.00 bits per heavy atom. The van der Waals surface area contributed by atoms with Crippen LogP contribution in [0.2, 0.25) is 0 Å². The van der Waals surface area contributed by atoms with Crippen molar-refractivity contribution in [3.05, 3.63) is 72.4 Å². The Morgan fingerprint density at radius 3 is 2.73 bits per heavy atom. The van der Waals surface area contributed by atoms with Crippen molar-refractivity contribution < 1.29 is 0 Å². The van der Waals surface area contributed by atoms with Gasteiger partial charge in [-0.25, -0.2) is 14.7 Å². The fourth-order valence-corrected chi connectivity index (χ4v) is 2.28. The molecule has 3 aromatic rings. The second kappa shape index (κ2) is 10.5. The number of nitrogens with one attached hydrogen (secondary N) is 2. The summed E-state index contributed by atoms with van der Waals surface area (Å²) < 4.78 is 1.73. The molecule has 0 aromatic carbocycles. The third-order valence-corrected chi connectivity index (χ3v) is 3.48. The van der Waals surface area contributed by atoms with Crippen molar-refractivity contribution in [3.63, 3.8) is 0 Å². The van der Waals surface area contributed by atoms with E-state index in [1.54, 1.807) is 23.3 Å². The van der Waals surface area contributed by atoms with Crippen LogP contribution in [0.15, 0.2) is 66.2 Å². The van der Waals surface area contributed by atoms with Crippen molar-refractivity contribution in [1.29, 1.82) is 0 Å². The second-order valence-corrected chi connectivity index (χ2v) is 5.34. The van der Waals surface area contributed by atoms with E-state index in [4.69, 9.17) is 0 Å². The van der Waals surface area contributed by atoms with Gasteiger partial charge in [0.15, 0.2) is 11.8 Å². The van der Waals surface area contributed by atoms with Gasteiger partial charge < -0.3 is 10.6 Å². The number of guanidine groups is 1. The molecule has 26 heavy (non-hydrogen) atoms. The Kier molecular flexibility index (Phi) is 8.00. The van der Waals surface area contributed by atoms with Crippen LogP contribution >= 0.6 is 24.0 Å². The first-order chi connectivity index (χ1) is 12.3. The van der Waals surface area contributed by atoms with Crippen LogP contribution in [-0.2, 0) is 13.1 Å². The Morgan fingerprint density at radius 1 is 1.08 bits per heavy atom. The zero-order valence-electron chi connectivity index (χ0n) is 14.5. The zero-order valence-corrected chi connectivity index (χ0v) is 16.9. The maximum Gasteiger partial charge on any atom is 0.191 e. The minimum Gasteiger partial charge on any atom is -0.357 e. The minimum absolute atomic E-state index is 0. The maximum atomic E-state index is 4.63. The van der Waals surface area contributed by atoms with E-state index in [0.717, 1.165) is 29.6 Å². The van der Waals surface area contributed by atoms with Crippen molar-refractivity contribution >= 4 is 29.9 Å². The van der Waals surface area contributed by atoms with E-state index in [1.807, 2.05) is 49.5 Å². The van der Waals surface area contributed by atoms with Gasteiger partial charge in [-0.15, -0.1) is 24.0 Å². The molecule has 0 aliphatic heterocycles. The smallest absolute Gasteiger partial charge is 0.191 e. The molecule has 3 heterocycles. The van der Waals surface area contributed by atoms with E-state index >= 15 is 0 Å². The predicted octanol–water partition coefficient (Wildman–Crippen LogP) is 2.54. The molecule has 7 nitrogen and oxygen atoms in total. The number of halogens is 1. The summed E-state index contributed by atoms with van der Waals surface area (Å²) in [5.41, 5.74) is 2.04. The molecule has 0 aliphatic rings. The molecule has 0 radical (unpaired) electrons. The third kappa shape index (κ3) is 5.80. The SMILES string of the molecule is CCNC(=NCc1ccnc(-n2cccn2)c1)NCc1ccccn1.I. The van der Waals surface area contributed by atoms with Crippen LogP contribution in [0.25, 0.3) is 5.82 Å². The van der Waals surface area contributed by atoms with Gasteiger partial charge in [0.1, 0.15) is 0 Å². The van der Waals surface area contributed by atoms with Gasteiger partial charge in [0.25, 0.3) is 0 Å². The summed E-state index contributed by atoms with van der Waals surface area (Å²) in [6.45, 7) is 4.01. The predicted molar refractivity (Wildman–Crippen MR) is 113 cm³/mol. The van der Waals surface area contributed by atoms with Crippen molar-refractivity contribution in [3.8, 4) is 5.82 Å². The van der Waals surface area contributed by atoms with Crippen LogP contribution in [0.3, 0.4) is 0 Å². The zero-order chi connectivity index (χ0) is 17.3. The molecule has 136 valence electrons. The standard InChI is InChI=1S/C18H21N7.HI/c1-2-19-18(23-14-16-6-3-4-8-20-16)22-13-15-7-10-21-17(12-15)25-11-5-9-24-25;/h3-12H,2,13-14H2,1H3,(H2,19,22,23);1H. The highest BCUT2D eigenvalue weighted by atomic mass is 127. The average molecular weight is 463 g/mol. The van der Waals surface area contributed by atoms with Crippen molar-refractivity contribution in [1.82, 2.24) is 30.4 Å². The first kappa shape index (κ1) is 19.8. The van der Waals surface area contributed by atoms with Crippen molar-refractivity contribution in [2.45, 2.75) is 20.0 Å². The minimum atomic E-state index is 0. The average Bonchev–Trinajstić information content (AvgIpc) is 3.20. The van der Waals surface area contributed by atoms with Gasteiger partial charge in [-0.05, 0) is 42.8 Å². The number of hydrogen-bond donors (Lipinski definition) is 2. The van der Waals surface area contributed by atoms with Gasteiger partial charge >= 0.3 is 0 Å². The third-order valence-electron chi connectivity index (χ3n) is 3.48. The van der Waals surface area contributed by atoms with E-state index in [1.165, 1.54) is 0 Å². The van der Waals surface area contributed by atoms with Crippen LogP contribution in [0.4, 0.5) is 0 Å². The lowest BCUT2D eigenvalue weighted by Gasteiger charge is -2.11. The van der Waals surface area contributed by atoms with Gasteiger partial charge in [0.05, 0.1) is 18.8 Å². The number of rotatable bonds is 6. The number of aromatic nitrogens is 4. The van der Waals surface area contributed by atoms with Gasteiger partial charge in [-0.1, -0.05) is 6.07 Å². The number of hydrogen-bond acceptors (Lipinski definition) is 4. The number of pyridine rings is 2. The summed E-state index contributed by atoms with van der Waals surface area (Å²) in [5, 5.41) is 10.7. The summed E-state index contributed by atoms with van der Waals surface area (Å²) in [5.74, 6) is 1.54. The van der Waals surface area contributed by atoms with E-state index < -0.39 is 0 Å². The highest BCUT2D eigenvalue weighted by Gasteiger charge is 2.02. The molecule has 0 amide bonds. The molecule has 0 aliphatic carbocycles. The van der Waals surface area contributed by atoms with Gasteiger partial charge in [0.2, 0.25) is 0 Å². The molecule has 0 bridgehead atoms. The fourth-order valence-electron chi connectivity index (χ4n) is 2.28. The number of aliphatic imine (C=N–C) groups is 1. The highest BCUT2D eigenvalue weighted by molar-refractivity contribution is 14.0. The van der Waals surface area contributed by atoms with E-state index in [2.05, 4.69) is 30.7 Å². The Labute approximate surface area is 170 Å². The maximum absolute atomic E-state index is 4.63. The summed E-state index contributed by atoms with van der Waals surface area (Å²) in [6.07, 6.45) is 7.16. The molecular formula is C18H22IN7. The van der Waals surface area contributed by atoms with E-state index in [-0.39, 0.29) is 24.0 Å². The summed E-state index contributed by atoms with van der Waals surface area (Å²) in [6, 6.07) is 11.7. The summed E-state index contributed by atoms with van der Waals surface area (Å²) >= 11 is 0. The largest absolute Gasteiger partial charge is 0.357 e. The highest BCUT2D eigenvalue weighted by Crippen LogP contribution is 2.07. The van der Waals surface area contributed by atoms with Crippen LogP contribution in [0, 0.1) is 0 Å². The summed E-state index contributed by atoms with van der Waals surface area (Å²) in [7, 11) is 0. The first-order valence-corrected chi connectivity index (χ1v) is 8.22. The molecule has 3 aromatic heterocycles. The van der Waals surface area contributed by atoms with Crippen molar-refractivity contribution in [2.75, 3.05) is 6.54 Å². The lowest BCUT2D eigenvalue weighted by molar-refractivity contribution is 0.798. The molecule has 0 spiro atoms. The van der Waals surface area contributed by atoms with E-state index in [9.17, 15) is 0 Å². The number of nitrogens with zero attached hydrogens (tertiary/aromatic N) is 5. The van der Waals surface area contributed by atoms with Gasteiger partial charge in [-0.3, -0.25) is 4.98 Å². The quantitative estimate of drug-likeness (QED) is 0.334. The van der Waals surface area contributed by atoms with Gasteiger partial charge in [-0.2, -0.15) is 5.10 Å². The summed E-state index contributed by atoms with van der Waals surface area (Å²) in [4.78, 5) is 13.3. The normalized spacial score (nSPS) is 10.9. The lowest BCUT2D eigenvalue weighted by atomic mass is 10.2. The van der Waals surface area contributed by atoms with E-state index in [0.29, 0.717) is 13.1 Å². The fraction of sp³-hybridized carbons (Fsp3) is 0.222. The van der Waals surface area contributed by atoms with Crippen LogP contribution in [0.5, 0.6) is 0 Å². The molecule has 3 rings (SSSR count). The topological polar surface area (TPSA) is 80.0 Å². The Bertz CT molecular complexity index is 803. The van der Waals surface area contributed by atoms with Gasteiger partial charge in [0, 0.05) is 31.3 Å². The molecule has 2 N–H and O–H groups in total. The molecule has 8 heteroatoms. The Hall–Kier alpha value is -2.49. The second-order valence-electron chi connectivity index (χ2n) is 5.34. The van der Waals surface area contributed by atoms with Crippen LogP contribution in [-0.4, -0.2) is 32.3 Å².